The van der Waals surface area contributed by atoms with Crippen molar-refractivity contribution < 1.29 is 14.3 Å². The molecule has 2 amide bonds. The number of aryl methyl sites for hydroxylation is 1. The number of amides is 2. The number of carbonyl (C=O) groups excluding carboxylic acids is 2. The summed E-state index contributed by atoms with van der Waals surface area (Å²) < 4.78 is 5.62. The van der Waals surface area contributed by atoms with Gasteiger partial charge in [-0.3, -0.25) is 20.4 Å². The Morgan fingerprint density at radius 3 is 2.59 bits per heavy atom. The second-order valence-electron chi connectivity index (χ2n) is 6.16. The molecule has 0 radical (unpaired) electrons. The van der Waals surface area contributed by atoms with Crippen LogP contribution < -0.4 is 15.6 Å². The first-order valence-electron chi connectivity index (χ1n) is 8.49. The molecule has 1 aliphatic heterocycles. The zero-order valence-electron chi connectivity index (χ0n) is 14.6. The number of aromatic nitrogens is 1. The molecule has 0 spiro atoms. The van der Waals surface area contributed by atoms with Crippen molar-refractivity contribution in [2.45, 2.75) is 19.4 Å². The van der Waals surface area contributed by atoms with Crippen LogP contribution in [0.3, 0.4) is 0 Å². The number of nitrogens with zero attached hydrogens (tertiary/aromatic N) is 1. The summed E-state index contributed by atoms with van der Waals surface area (Å²) in [5.74, 6) is -0.0733. The molecular weight excluding hydrogens is 362 g/mol. The predicted octanol–water partition coefficient (Wildman–Crippen LogP) is 2.88. The molecule has 1 aliphatic rings. The van der Waals surface area contributed by atoms with Gasteiger partial charge in [-0.2, -0.15) is 0 Å². The summed E-state index contributed by atoms with van der Waals surface area (Å²) in [7, 11) is 0. The number of hydrogen-bond acceptors (Lipinski definition) is 5. The van der Waals surface area contributed by atoms with Gasteiger partial charge >= 0.3 is 0 Å². The lowest BCUT2D eigenvalue weighted by atomic mass is 10.1. The molecule has 3 aromatic rings. The fraction of sp³-hybridized carbons (Fsp3) is 0.150. The molecule has 1 atom stereocenters. The lowest BCUT2D eigenvalue weighted by Crippen LogP contribution is -2.47. The Bertz CT molecular complexity index is 976. The van der Waals surface area contributed by atoms with Gasteiger partial charge < -0.3 is 4.74 Å². The Morgan fingerprint density at radius 1 is 1.07 bits per heavy atom. The maximum Gasteiger partial charge on any atom is 0.281 e. The largest absolute Gasteiger partial charge is 0.480 e. The van der Waals surface area contributed by atoms with Gasteiger partial charge in [-0.25, -0.2) is 4.98 Å². The molecule has 2 N–H and O–H groups in total. The molecule has 27 heavy (non-hydrogen) atoms. The Labute approximate surface area is 160 Å². The van der Waals surface area contributed by atoms with Crippen molar-refractivity contribution in [1.29, 1.82) is 0 Å². The first kappa shape index (κ1) is 17.2. The van der Waals surface area contributed by atoms with E-state index in [-0.39, 0.29) is 5.91 Å². The van der Waals surface area contributed by atoms with Crippen LogP contribution in [0, 0.1) is 6.92 Å². The lowest BCUT2D eigenvalue weighted by Gasteiger charge is -2.11. The number of thiazole rings is 1. The highest BCUT2D eigenvalue weighted by Gasteiger charge is 2.29. The van der Waals surface area contributed by atoms with Crippen LogP contribution in [-0.4, -0.2) is 22.9 Å². The minimum Gasteiger partial charge on any atom is -0.480 e. The van der Waals surface area contributed by atoms with E-state index in [2.05, 4.69) is 15.8 Å². The van der Waals surface area contributed by atoms with E-state index in [0.717, 1.165) is 16.1 Å². The van der Waals surface area contributed by atoms with Crippen molar-refractivity contribution in [1.82, 2.24) is 15.8 Å². The molecule has 7 heteroatoms. The summed E-state index contributed by atoms with van der Waals surface area (Å²) in [6.07, 6.45) is -0.166. The average Bonchev–Trinajstić information content (AvgIpc) is 3.30. The molecule has 0 saturated heterocycles. The fourth-order valence-corrected chi connectivity index (χ4v) is 3.86. The number of ether oxygens (including phenoxy) is 1. The number of hydrogen-bond donors (Lipinski definition) is 2. The van der Waals surface area contributed by atoms with Gasteiger partial charge in [-0.1, -0.05) is 48.5 Å². The van der Waals surface area contributed by atoms with Crippen LogP contribution in [0.2, 0.25) is 0 Å². The Kier molecular flexibility index (Phi) is 4.60. The smallest absolute Gasteiger partial charge is 0.281 e. The summed E-state index contributed by atoms with van der Waals surface area (Å²) in [4.78, 5) is 29.7. The average molecular weight is 379 g/mol. The minimum atomic E-state index is -0.648. The van der Waals surface area contributed by atoms with Crippen molar-refractivity contribution in [3.63, 3.8) is 0 Å². The molecule has 2 aromatic carbocycles. The van der Waals surface area contributed by atoms with Gasteiger partial charge in [0.15, 0.2) is 6.10 Å². The van der Waals surface area contributed by atoms with Gasteiger partial charge in [-0.05, 0) is 18.6 Å². The number of fused-ring (bicyclic) bond motifs is 1. The van der Waals surface area contributed by atoms with Crippen LogP contribution in [-0.2, 0) is 11.2 Å². The van der Waals surface area contributed by atoms with Crippen LogP contribution >= 0.6 is 11.3 Å². The Balaban J connectivity index is 1.39. The highest BCUT2D eigenvalue weighted by atomic mass is 32.1. The maximum absolute atomic E-state index is 12.5. The lowest BCUT2D eigenvalue weighted by molar-refractivity contribution is -0.128. The topological polar surface area (TPSA) is 80.3 Å². The van der Waals surface area contributed by atoms with Crippen molar-refractivity contribution >= 4 is 23.2 Å². The second kappa shape index (κ2) is 7.20. The first-order valence-corrected chi connectivity index (χ1v) is 9.31. The molecular formula is C20H17N3O3S. The van der Waals surface area contributed by atoms with Gasteiger partial charge in [0.25, 0.3) is 11.8 Å². The van der Waals surface area contributed by atoms with E-state index in [1.165, 1.54) is 11.3 Å². The van der Waals surface area contributed by atoms with E-state index in [9.17, 15) is 9.59 Å². The summed E-state index contributed by atoms with van der Waals surface area (Å²) in [5, 5.41) is 0.763. The van der Waals surface area contributed by atoms with E-state index in [0.29, 0.717) is 22.7 Å². The van der Waals surface area contributed by atoms with Crippen LogP contribution in [0.25, 0.3) is 10.6 Å². The third-order valence-electron chi connectivity index (χ3n) is 4.26. The van der Waals surface area contributed by atoms with Gasteiger partial charge in [0.05, 0.1) is 5.69 Å². The monoisotopic (exact) mass is 379 g/mol. The van der Waals surface area contributed by atoms with E-state index in [4.69, 9.17) is 4.74 Å². The number of para-hydroxylation sites is 1. The maximum atomic E-state index is 12.5. The summed E-state index contributed by atoms with van der Waals surface area (Å²) >= 11 is 1.29. The normalized spacial score (nSPS) is 14.9. The van der Waals surface area contributed by atoms with E-state index in [1.54, 1.807) is 6.92 Å². The van der Waals surface area contributed by atoms with E-state index in [1.807, 2.05) is 54.6 Å². The highest BCUT2D eigenvalue weighted by Crippen LogP contribution is 2.29. The second-order valence-corrected chi connectivity index (χ2v) is 7.16. The molecule has 0 unspecified atom stereocenters. The van der Waals surface area contributed by atoms with Gasteiger partial charge in [0.2, 0.25) is 0 Å². The fourth-order valence-electron chi connectivity index (χ4n) is 2.90. The standard InChI is InChI=1S/C20H17N3O3S/c1-12-17(27-20(21-12)13-7-3-2-4-8-13)19(25)23-22-18(24)16-11-14-9-5-6-10-15(14)26-16/h2-10,16H,11H2,1H3,(H,22,24)(H,23,25)/t16-/m1/s1. The zero-order valence-corrected chi connectivity index (χ0v) is 15.4. The summed E-state index contributed by atoms with van der Waals surface area (Å²) in [5.41, 5.74) is 7.46. The van der Waals surface area contributed by atoms with E-state index < -0.39 is 12.0 Å². The molecule has 0 saturated carbocycles. The molecule has 0 fully saturated rings. The van der Waals surface area contributed by atoms with Gasteiger partial charge in [0.1, 0.15) is 15.6 Å². The van der Waals surface area contributed by atoms with Crippen molar-refractivity contribution in [3.05, 3.63) is 70.7 Å². The van der Waals surface area contributed by atoms with Crippen LogP contribution in [0.5, 0.6) is 5.75 Å². The van der Waals surface area contributed by atoms with Crippen LogP contribution in [0.4, 0.5) is 0 Å². The van der Waals surface area contributed by atoms with Crippen LogP contribution in [0.15, 0.2) is 54.6 Å². The Hall–Kier alpha value is -3.19. The van der Waals surface area contributed by atoms with Gasteiger partial charge in [-0.15, -0.1) is 11.3 Å². The number of rotatable bonds is 3. The SMILES string of the molecule is Cc1nc(-c2ccccc2)sc1C(=O)NNC(=O)[C@H]1Cc2ccccc2O1. The highest BCUT2D eigenvalue weighted by molar-refractivity contribution is 7.17. The molecule has 6 nitrogen and oxygen atoms in total. The zero-order chi connectivity index (χ0) is 18.8. The minimum absolute atomic E-state index is 0.384. The molecule has 136 valence electrons. The molecule has 0 bridgehead atoms. The molecule has 2 heterocycles. The van der Waals surface area contributed by atoms with Crippen molar-refractivity contribution in [2.75, 3.05) is 0 Å². The summed E-state index contributed by atoms with van der Waals surface area (Å²) in [6, 6.07) is 17.2. The van der Waals surface area contributed by atoms with E-state index >= 15 is 0 Å². The third-order valence-corrected chi connectivity index (χ3v) is 5.47. The van der Waals surface area contributed by atoms with Crippen molar-refractivity contribution in [2.24, 2.45) is 0 Å². The number of benzene rings is 2. The quantitative estimate of drug-likeness (QED) is 0.686. The first-order chi connectivity index (χ1) is 13.1. The predicted molar refractivity (Wildman–Crippen MR) is 102 cm³/mol. The summed E-state index contributed by atoms with van der Waals surface area (Å²) in [6.45, 7) is 1.77. The Morgan fingerprint density at radius 2 is 1.81 bits per heavy atom. The number of hydrazine groups is 1. The molecule has 4 rings (SSSR count). The molecule has 1 aromatic heterocycles. The number of carbonyl (C=O) groups is 2. The molecule has 0 aliphatic carbocycles. The number of nitrogens with one attached hydrogen (secondary N) is 2. The van der Waals surface area contributed by atoms with Crippen LogP contribution in [0.1, 0.15) is 20.9 Å². The van der Waals surface area contributed by atoms with Gasteiger partial charge in [0, 0.05) is 12.0 Å². The van der Waals surface area contributed by atoms with Crippen molar-refractivity contribution in [3.8, 4) is 16.3 Å². The third kappa shape index (κ3) is 3.54.